The Kier molecular flexibility index (Phi) is 7.63. The van der Waals surface area contributed by atoms with Gasteiger partial charge in [-0.1, -0.05) is 13.8 Å². The minimum absolute atomic E-state index is 0.190. The highest BCUT2D eigenvalue weighted by Crippen LogP contribution is 2.07. The molecule has 8 heteroatoms. The summed E-state index contributed by atoms with van der Waals surface area (Å²) in [6.07, 6.45) is 0.450. The van der Waals surface area contributed by atoms with Gasteiger partial charge < -0.3 is 25.4 Å². The maximum Gasteiger partial charge on any atom is 0.318 e. The lowest BCUT2D eigenvalue weighted by molar-refractivity contribution is -0.124. The minimum atomic E-state index is -0.970. The molecule has 0 radical (unpaired) electrons. The number of carbonyl (C=O) groups is 2. The summed E-state index contributed by atoms with van der Waals surface area (Å²) in [4.78, 5) is 26.0. The third kappa shape index (κ3) is 5.87. The molecular formula is C14H24N4O4. The summed E-state index contributed by atoms with van der Waals surface area (Å²) in [6, 6.07) is -0.240. The fourth-order valence-corrected chi connectivity index (χ4v) is 2.10. The summed E-state index contributed by atoms with van der Waals surface area (Å²) in [5.74, 6) is -0.272. The zero-order chi connectivity index (χ0) is 16.5. The van der Waals surface area contributed by atoms with Crippen molar-refractivity contribution in [2.24, 2.45) is 5.92 Å². The lowest BCUT2D eigenvalue weighted by atomic mass is 10.0. The van der Waals surface area contributed by atoms with Crippen LogP contribution in [0.15, 0.2) is 0 Å². The number of hydrogen-bond acceptors (Lipinski definition) is 5. The van der Waals surface area contributed by atoms with Gasteiger partial charge in [0.15, 0.2) is 0 Å². The van der Waals surface area contributed by atoms with Crippen molar-refractivity contribution in [3.63, 3.8) is 0 Å². The largest absolute Gasteiger partial charge is 0.393 e. The molecule has 3 N–H and O–H groups in total. The molecule has 0 aromatic carbocycles. The average Bonchev–Trinajstić information content (AvgIpc) is 2.52. The van der Waals surface area contributed by atoms with Gasteiger partial charge in [-0.25, -0.2) is 4.79 Å². The molecule has 0 saturated carbocycles. The van der Waals surface area contributed by atoms with Crippen LogP contribution in [0.2, 0.25) is 0 Å². The lowest BCUT2D eigenvalue weighted by Crippen LogP contribution is -2.55. The first-order valence-corrected chi connectivity index (χ1v) is 7.42. The van der Waals surface area contributed by atoms with Crippen LogP contribution in [0.5, 0.6) is 0 Å². The molecule has 0 aromatic rings. The SMILES string of the molecule is CC(C)C[C@H](NC(=O)N1CCOCC1)C(=O)N[C@H](C#N)CO. The molecule has 3 amide bonds. The van der Waals surface area contributed by atoms with E-state index in [0.717, 1.165) is 0 Å². The van der Waals surface area contributed by atoms with Crippen LogP contribution in [0.1, 0.15) is 20.3 Å². The Morgan fingerprint density at radius 2 is 1.95 bits per heavy atom. The van der Waals surface area contributed by atoms with Crippen molar-refractivity contribution in [2.45, 2.75) is 32.4 Å². The van der Waals surface area contributed by atoms with Crippen molar-refractivity contribution in [2.75, 3.05) is 32.9 Å². The van der Waals surface area contributed by atoms with Crippen molar-refractivity contribution in [1.82, 2.24) is 15.5 Å². The third-order valence-electron chi connectivity index (χ3n) is 3.27. The van der Waals surface area contributed by atoms with Crippen LogP contribution >= 0.6 is 0 Å². The van der Waals surface area contributed by atoms with Crippen LogP contribution in [0.3, 0.4) is 0 Å². The van der Waals surface area contributed by atoms with Gasteiger partial charge in [-0.2, -0.15) is 5.26 Å². The highest BCUT2D eigenvalue weighted by atomic mass is 16.5. The van der Waals surface area contributed by atoms with Gasteiger partial charge in [-0.05, 0) is 12.3 Å². The molecule has 0 unspecified atom stereocenters. The summed E-state index contributed by atoms with van der Waals surface area (Å²) >= 11 is 0. The standard InChI is InChI=1S/C14H24N4O4/c1-10(2)7-12(13(20)16-11(8-15)9-19)17-14(21)18-3-5-22-6-4-18/h10-12,19H,3-7,9H2,1-2H3,(H,16,20)(H,17,21)/t11-,12+/m1/s1. The molecule has 1 heterocycles. The smallest absolute Gasteiger partial charge is 0.318 e. The van der Waals surface area contributed by atoms with Gasteiger partial charge in [0.2, 0.25) is 5.91 Å². The van der Waals surface area contributed by atoms with E-state index in [1.807, 2.05) is 13.8 Å². The van der Waals surface area contributed by atoms with Gasteiger partial charge >= 0.3 is 6.03 Å². The zero-order valence-corrected chi connectivity index (χ0v) is 13.0. The van der Waals surface area contributed by atoms with Crippen LogP contribution < -0.4 is 10.6 Å². The van der Waals surface area contributed by atoms with E-state index in [-0.39, 0.29) is 11.9 Å². The van der Waals surface area contributed by atoms with E-state index in [9.17, 15) is 9.59 Å². The molecule has 0 bridgehead atoms. The molecule has 1 aliphatic rings. The fraction of sp³-hybridized carbons (Fsp3) is 0.786. The number of nitrogens with zero attached hydrogens (tertiary/aromatic N) is 2. The number of urea groups is 1. The van der Waals surface area contributed by atoms with Crippen LogP contribution in [-0.4, -0.2) is 66.9 Å². The molecule has 2 atom stereocenters. The van der Waals surface area contributed by atoms with Gasteiger partial charge in [-0.3, -0.25) is 4.79 Å². The lowest BCUT2D eigenvalue weighted by Gasteiger charge is -2.29. The second-order valence-electron chi connectivity index (χ2n) is 5.60. The van der Waals surface area contributed by atoms with Gasteiger partial charge in [0.25, 0.3) is 0 Å². The second-order valence-corrected chi connectivity index (χ2v) is 5.60. The normalized spacial score (nSPS) is 17.5. The fourth-order valence-electron chi connectivity index (χ4n) is 2.10. The number of hydrogen-bond donors (Lipinski definition) is 3. The van der Waals surface area contributed by atoms with Crippen molar-refractivity contribution in [1.29, 1.82) is 5.26 Å². The van der Waals surface area contributed by atoms with Crippen LogP contribution in [-0.2, 0) is 9.53 Å². The number of aliphatic hydroxyl groups is 1. The van der Waals surface area contributed by atoms with Crippen molar-refractivity contribution in [3.05, 3.63) is 0 Å². The zero-order valence-electron chi connectivity index (χ0n) is 13.0. The molecule has 1 saturated heterocycles. The molecule has 22 heavy (non-hydrogen) atoms. The molecule has 8 nitrogen and oxygen atoms in total. The number of nitriles is 1. The van der Waals surface area contributed by atoms with Crippen molar-refractivity contribution in [3.8, 4) is 6.07 Å². The summed E-state index contributed by atoms with van der Waals surface area (Å²) in [5, 5.41) is 22.9. The second kappa shape index (κ2) is 9.23. The molecule has 1 rings (SSSR count). The van der Waals surface area contributed by atoms with E-state index in [4.69, 9.17) is 15.1 Å². The Balaban J connectivity index is 2.64. The third-order valence-corrected chi connectivity index (χ3v) is 3.27. The van der Waals surface area contributed by atoms with Crippen molar-refractivity contribution < 1.29 is 19.4 Å². The van der Waals surface area contributed by atoms with E-state index >= 15 is 0 Å². The van der Waals surface area contributed by atoms with Gasteiger partial charge in [-0.15, -0.1) is 0 Å². The van der Waals surface area contributed by atoms with E-state index in [1.165, 1.54) is 0 Å². The Morgan fingerprint density at radius 1 is 1.32 bits per heavy atom. The first-order chi connectivity index (χ1) is 10.5. The average molecular weight is 312 g/mol. The predicted molar refractivity (Wildman–Crippen MR) is 78.8 cm³/mol. The Hall–Kier alpha value is -1.85. The molecule has 0 spiro atoms. The highest BCUT2D eigenvalue weighted by molar-refractivity contribution is 5.87. The first kappa shape index (κ1) is 18.2. The van der Waals surface area contributed by atoms with E-state index < -0.39 is 24.6 Å². The predicted octanol–water partition coefficient (Wildman–Crippen LogP) is -0.556. The van der Waals surface area contributed by atoms with Crippen LogP contribution in [0, 0.1) is 17.2 Å². The Labute approximate surface area is 130 Å². The highest BCUT2D eigenvalue weighted by Gasteiger charge is 2.26. The van der Waals surface area contributed by atoms with Gasteiger partial charge in [0.05, 0.1) is 25.9 Å². The molecule has 124 valence electrons. The maximum atomic E-state index is 12.2. The molecule has 1 aliphatic heterocycles. The summed E-state index contributed by atoms with van der Waals surface area (Å²) < 4.78 is 5.18. The summed E-state index contributed by atoms with van der Waals surface area (Å²) in [7, 11) is 0. The number of aliphatic hydroxyl groups excluding tert-OH is 1. The number of carbonyl (C=O) groups excluding carboxylic acids is 2. The number of morpholine rings is 1. The number of nitrogens with one attached hydrogen (secondary N) is 2. The minimum Gasteiger partial charge on any atom is -0.393 e. The van der Waals surface area contributed by atoms with E-state index in [1.54, 1.807) is 11.0 Å². The first-order valence-electron chi connectivity index (χ1n) is 7.42. The molecule has 0 aliphatic carbocycles. The van der Waals surface area contributed by atoms with E-state index in [2.05, 4.69) is 10.6 Å². The Bertz CT molecular complexity index is 416. The number of amides is 3. The van der Waals surface area contributed by atoms with Crippen LogP contribution in [0.25, 0.3) is 0 Å². The molecule has 0 aromatic heterocycles. The molecule has 1 fully saturated rings. The van der Waals surface area contributed by atoms with Gasteiger partial charge in [0.1, 0.15) is 12.1 Å². The van der Waals surface area contributed by atoms with Crippen LogP contribution in [0.4, 0.5) is 4.79 Å². The molecular weight excluding hydrogens is 288 g/mol. The number of rotatable bonds is 6. The quantitative estimate of drug-likeness (QED) is 0.608. The maximum absolute atomic E-state index is 12.2. The van der Waals surface area contributed by atoms with Gasteiger partial charge in [0, 0.05) is 13.1 Å². The van der Waals surface area contributed by atoms with E-state index in [0.29, 0.717) is 32.7 Å². The van der Waals surface area contributed by atoms with Crippen molar-refractivity contribution >= 4 is 11.9 Å². The number of ether oxygens (including phenoxy) is 1. The topological polar surface area (TPSA) is 115 Å². The Morgan fingerprint density at radius 3 is 2.45 bits per heavy atom. The monoisotopic (exact) mass is 312 g/mol. The summed E-state index contributed by atoms with van der Waals surface area (Å²) in [6.45, 7) is 5.35. The summed E-state index contributed by atoms with van der Waals surface area (Å²) in [5.41, 5.74) is 0.